The molecule has 0 aromatic carbocycles. The SMILES string of the molecule is O=C(C1CCCN(c2cn[nH]c(=O)c2)C1)N1CCN(C2CCCCC2)CC1. The van der Waals surface area contributed by atoms with Gasteiger partial charge in [0.15, 0.2) is 0 Å². The Morgan fingerprint density at radius 2 is 1.78 bits per heavy atom. The van der Waals surface area contributed by atoms with Gasteiger partial charge in [0.1, 0.15) is 0 Å². The van der Waals surface area contributed by atoms with Gasteiger partial charge in [-0.15, -0.1) is 0 Å². The molecule has 27 heavy (non-hydrogen) atoms. The first-order valence-corrected chi connectivity index (χ1v) is 10.5. The molecule has 1 aliphatic carbocycles. The molecular weight excluding hydrogens is 342 g/mol. The topological polar surface area (TPSA) is 72.5 Å². The summed E-state index contributed by atoms with van der Waals surface area (Å²) in [7, 11) is 0. The van der Waals surface area contributed by atoms with E-state index in [1.807, 2.05) is 0 Å². The number of rotatable bonds is 3. The molecule has 1 saturated carbocycles. The van der Waals surface area contributed by atoms with Crippen molar-refractivity contribution >= 4 is 11.6 Å². The Labute approximate surface area is 160 Å². The highest BCUT2D eigenvalue weighted by Crippen LogP contribution is 2.26. The number of piperazine rings is 1. The summed E-state index contributed by atoms with van der Waals surface area (Å²) in [5.41, 5.74) is 0.623. The zero-order valence-electron chi connectivity index (χ0n) is 16.1. The van der Waals surface area contributed by atoms with Gasteiger partial charge in [-0.25, -0.2) is 5.10 Å². The molecule has 3 fully saturated rings. The first-order chi connectivity index (χ1) is 13.2. The minimum atomic E-state index is -0.195. The average molecular weight is 374 g/mol. The molecule has 1 aromatic rings. The highest BCUT2D eigenvalue weighted by molar-refractivity contribution is 5.80. The van der Waals surface area contributed by atoms with Crippen LogP contribution in [0.3, 0.4) is 0 Å². The Kier molecular flexibility index (Phi) is 5.76. The zero-order valence-corrected chi connectivity index (χ0v) is 16.1. The lowest BCUT2D eigenvalue weighted by Crippen LogP contribution is -2.54. The normalized spacial score (nSPS) is 25.6. The predicted molar refractivity (Wildman–Crippen MR) is 105 cm³/mol. The van der Waals surface area contributed by atoms with Gasteiger partial charge >= 0.3 is 0 Å². The largest absolute Gasteiger partial charge is 0.369 e. The lowest BCUT2D eigenvalue weighted by atomic mass is 9.93. The van der Waals surface area contributed by atoms with E-state index < -0.39 is 0 Å². The molecule has 148 valence electrons. The minimum Gasteiger partial charge on any atom is -0.369 e. The first-order valence-electron chi connectivity index (χ1n) is 10.5. The van der Waals surface area contributed by atoms with Gasteiger partial charge in [-0.05, 0) is 25.7 Å². The second kappa shape index (κ2) is 8.42. The van der Waals surface area contributed by atoms with Crippen molar-refractivity contribution in [2.75, 3.05) is 44.2 Å². The summed E-state index contributed by atoms with van der Waals surface area (Å²) >= 11 is 0. The van der Waals surface area contributed by atoms with Crippen molar-refractivity contribution in [1.29, 1.82) is 0 Å². The van der Waals surface area contributed by atoms with Gasteiger partial charge in [-0.3, -0.25) is 14.5 Å². The van der Waals surface area contributed by atoms with E-state index in [2.05, 4.69) is 24.9 Å². The number of piperidine rings is 1. The number of aromatic nitrogens is 2. The van der Waals surface area contributed by atoms with E-state index in [1.54, 1.807) is 12.3 Å². The van der Waals surface area contributed by atoms with Crippen LogP contribution in [-0.4, -0.2) is 71.2 Å². The molecule has 3 heterocycles. The number of hydrogen-bond donors (Lipinski definition) is 1. The standard InChI is InChI=1S/C20H31N5O2/c26-19-13-18(14-21-22-19)25-8-4-5-16(15-25)20(27)24-11-9-23(10-12-24)17-6-2-1-3-7-17/h13-14,16-17H,1-12,15H2,(H,22,26). The van der Waals surface area contributed by atoms with Gasteiger partial charge in [0, 0.05) is 51.4 Å². The van der Waals surface area contributed by atoms with Gasteiger partial charge < -0.3 is 9.80 Å². The van der Waals surface area contributed by atoms with E-state index in [4.69, 9.17) is 0 Å². The maximum absolute atomic E-state index is 13.1. The molecule has 1 N–H and O–H groups in total. The summed E-state index contributed by atoms with van der Waals surface area (Å²) in [6.45, 7) is 5.32. The van der Waals surface area contributed by atoms with Crippen molar-refractivity contribution in [2.45, 2.75) is 51.0 Å². The van der Waals surface area contributed by atoms with E-state index in [-0.39, 0.29) is 11.5 Å². The van der Waals surface area contributed by atoms with Crippen molar-refractivity contribution in [3.8, 4) is 0 Å². The quantitative estimate of drug-likeness (QED) is 0.869. The van der Waals surface area contributed by atoms with Crippen molar-refractivity contribution in [3.63, 3.8) is 0 Å². The molecular formula is C20H31N5O2. The molecule has 3 aliphatic rings. The van der Waals surface area contributed by atoms with Crippen LogP contribution in [0.1, 0.15) is 44.9 Å². The number of carbonyl (C=O) groups excluding carboxylic acids is 1. The Balaban J connectivity index is 1.32. The molecule has 7 heteroatoms. The summed E-state index contributed by atoms with van der Waals surface area (Å²) in [5, 5.41) is 6.31. The van der Waals surface area contributed by atoms with Crippen LogP contribution in [0.15, 0.2) is 17.1 Å². The monoisotopic (exact) mass is 373 g/mol. The van der Waals surface area contributed by atoms with Crippen LogP contribution in [0, 0.1) is 5.92 Å². The Morgan fingerprint density at radius 3 is 2.52 bits per heavy atom. The van der Waals surface area contributed by atoms with Crippen LogP contribution in [0.5, 0.6) is 0 Å². The molecule has 0 radical (unpaired) electrons. The van der Waals surface area contributed by atoms with E-state index in [1.165, 1.54) is 32.1 Å². The van der Waals surface area contributed by atoms with Crippen LogP contribution in [0.4, 0.5) is 5.69 Å². The summed E-state index contributed by atoms with van der Waals surface area (Å²) < 4.78 is 0. The molecule has 0 bridgehead atoms. The molecule has 2 saturated heterocycles. The van der Waals surface area contributed by atoms with E-state index in [9.17, 15) is 9.59 Å². The number of hydrogen-bond acceptors (Lipinski definition) is 5. The fourth-order valence-corrected chi connectivity index (χ4v) is 4.96. The number of nitrogens with zero attached hydrogens (tertiary/aromatic N) is 4. The highest BCUT2D eigenvalue weighted by Gasteiger charge is 2.32. The minimum absolute atomic E-state index is 0.0271. The summed E-state index contributed by atoms with van der Waals surface area (Å²) in [4.78, 5) is 31.4. The third kappa shape index (κ3) is 4.34. The van der Waals surface area contributed by atoms with E-state index in [0.29, 0.717) is 12.5 Å². The molecule has 1 aromatic heterocycles. The molecule has 1 unspecified atom stereocenters. The second-order valence-corrected chi connectivity index (χ2v) is 8.24. The molecule has 1 amide bonds. The van der Waals surface area contributed by atoms with Gasteiger partial charge in [0.25, 0.3) is 5.56 Å². The lowest BCUT2D eigenvalue weighted by Gasteiger charge is -2.42. The van der Waals surface area contributed by atoms with E-state index >= 15 is 0 Å². The fraction of sp³-hybridized carbons (Fsp3) is 0.750. The van der Waals surface area contributed by atoms with Crippen LogP contribution < -0.4 is 10.5 Å². The van der Waals surface area contributed by atoms with Gasteiger partial charge in [0.2, 0.25) is 5.91 Å². The van der Waals surface area contributed by atoms with Crippen LogP contribution in [-0.2, 0) is 4.79 Å². The predicted octanol–water partition coefficient (Wildman–Crippen LogP) is 1.46. The number of H-pyrrole nitrogens is 1. The first kappa shape index (κ1) is 18.5. The van der Waals surface area contributed by atoms with Crippen molar-refractivity contribution in [3.05, 3.63) is 22.6 Å². The summed E-state index contributed by atoms with van der Waals surface area (Å²) in [5.74, 6) is 0.320. The van der Waals surface area contributed by atoms with Gasteiger partial charge in [0.05, 0.1) is 17.8 Å². The third-order valence-corrected chi connectivity index (χ3v) is 6.50. The number of amides is 1. The van der Waals surface area contributed by atoms with Crippen LogP contribution >= 0.6 is 0 Å². The number of anilines is 1. The average Bonchev–Trinajstić information content (AvgIpc) is 2.74. The maximum atomic E-state index is 13.1. The fourth-order valence-electron chi connectivity index (χ4n) is 4.96. The molecule has 7 nitrogen and oxygen atoms in total. The van der Waals surface area contributed by atoms with Gasteiger partial charge in [-0.1, -0.05) is 19.3 Å². The smallest absolute Gasteiger partial charge is 0.266 e. The molecule has 2 aliphatic heterocycles. The Bertz CT molecular complexity index is 692. The van der Waals surface area contributed by atoms with Gasteiger partial charge in [-0.2, -0.15) is 5.10 Å². The lowest BCUT2D eigenvalue weighted by molar-refractivity contribution is -0.138. The second-order valence-electron chi connectivity index (χ2n) is 8.24. The molecule has 4 rings (SSSR count). The van der Waals surface area contributed by atoms with E-state index in [0.717, 1.165) is 57.3 Å². The third-order valence-electron chi connectivity index (χ3n) is 6.50. The number of aromatic amines is 1. The Hall–Kier alpha value is -1.89. The highest BCUT2D eigenvalue weighted by atomic mass is 16.2. The van der Waals surface area contributed by atoms with Crippen molar-refractivity contribution < 1.29 is 4.79 Å². The van der Waals surface area contributed by atoms with Crippen LogP contribution in [0.2, 0.25) is 0 Å². The summed E-state index contributed by atoms with van der Waals surface area (Å²) in [6.07, 6.45) is 10.4. The van der Waals surface area contributed by atoms with Crippen molar-refractivity contribution in [2.24, 2.45) is 5.92 Å². The maximum Gasteiger partial charge on any atom is 0.266 e. The Morgan fingerprint density at radius 1 is 1.00 bits per heavy atom. The van der Waals surface area contributed by atoms with Crippen LogP contribution in [0.25, 0.3) is 0 Å². The molecule has 0 spiro atoms. The number of nitrogens with one attached hydrogen (secondary N) is 1. The molecule has 1 atom stereocenters. The zero-order chi connectivity index (χ0) is 18.6. The van der Waals surface area contributed by atoms with Crippen molar-refractivity contribution in [1.82, 2.24) is 20.0 Å². The number of carbonyl (C=O) groups is 1. The summed E-state index contributed by atoms with van der Waals surface area (Å²) in [6, 6.07) is 2.31.